The molecule has 3 heteroatoms. The van der Waals surface area contributed by atoms with Gasteiger partial charge in [0.1, 0.15) is 5.75 Å². The van der Waals surface area contributed by atoms with E-state index >= 15 is 0 Å². The Labute approximate surface area is 82.6 Å². The molecule has 0 heterocycles. The summed E-state index contributed by atoms with van der Waals surface area (Å²) in [5, 5.41) is 0.667. The molecule has 0 unspecified atom stereocenters. The molecule has 1 aromatic rings. The van der Waals surface area contributed by atoms with Crippen molar-refractivity contribution in [1.82, 2.24) is 0 Å². The quantitative estimate of drug-likeness (QED) is 0.757. The van der Waals surface area contributed by atoms with Gasteiger partial charge in [0.05, 0.1) is 12.3 Å². The predicted octanol–water partition coefficient (Wildman–Crippen LogP) is 2.71. The molecule has 2 rings (SSSR count). The Morgan fingerprint density at radius 2 is 2.23 bits per heavy atom. The molecule has 0 bridgehead atoms. The van der Waals surface area contributed by atoms with E-state index in [0.29, 0.717) is 16.5 Å². The highest BCUT2D eigenvalue weighted by Crippen LogP contribution is 2.31. The van der Waals surface area contributed by atoms with Gasteiger partial charge in [-0.05, 0) is 30.9 Å². The van der Waals surface area contributed by atoms with Gasteiger partial charge in [-0.25, -0.2) is 0 Å². The van der Waals surface area contributed by atoms with Crippen LogP contribution in [0.2, 0.25) is 5.02 Å². The molecule has 2 nitrogen and oxygen atoms in total. The maximum atomic E-state index is 5.81. The first-order valence-corrected chi connectivity index (χ1v) is 4.81. The molecule has 0 spiro atoms. The molecule has 0 aliphatic heterocycles. The van der Waals surface area contributed by atoms with E-state index in [1.54, 1.807) is 18.2 Å². The highest BCUT2D eigenvalue weighted by atomic mass is 35.5. The summed E-state index contributed by atoms with van der Waals surface area (Å²) in [5.41, 5.74) is 6.37. The third kappa shape index (κ3) is 2.28. The zero-order valence-corrected chi connectivity index (χ0v) is 8.05. The van der Waals surface area contributed by atoms with Crippen LogP contribution in [0, 0.1) is 5.92 Å². The molecule has 0 atom stereocenters. The molecule has 13 heavy (non-hydrogen) atoms. The van der Waals surface area contributed by atoms with Gasteiger partial charge in [-0.2, -0.15) is 0 Å². The number of rotatable bonds is 3. The summed E-state index contributed by atoms with van der Waals surface area (Å²) in [6, 6.07) is 5.30. The number of hydrogen-bond acceptors (Lipinski definition) is 2. The first kappa shape index (κ1) is 8.70. The predicted molar refractivity (Wildman–Crippen MR) is 54.1 cm³/mol. The van der Waals surface area contributed by atoms with Crippen LogP contribution in [0.5, 0.6) is 5.75 Å². The van der Waals surface area contributed by atoms with Gasteiger partial charge in [0, 0.05) is 11.1 Å². The number of hydrogen-bond donors (Lipinski definition) is 1. The van der Waals surface area contributed by atoms with Gasteiger partial charge < -0.3 is 10.5 Å². The van der Waals surface area contributed by atoms with Crippen molar-refractivity contribution in [3.63, 3.8) is 0 Å². The van der Waals surface area contributed by atoms with E-state index in [4.69, 9.17) is 22.1 Å². The highest BCUT2D eigenvalue weighted by Gasteiger charge is 2.22. The summed E-state index contributed by atoms with van der Waals surface area (Å²) in [4.78, 5) is 0. The minimum Gasteiger partial charge on any atom is -0.491 e. The molecule has 0 aromatic heterocycles. The average molecular weight is 198 g/mol. The van der Waals surface area contributed by atoms with E-state index < -0.39 is 0 Å². The molecule has 2 N–H and O–H groups in total. The lowest BCUT2D eigenvalue weighted by Crippen LogP contribution is -2.01. The van der Waals surface area contributed by atoms with Crippen molar-refractivity contribution in [2.45, 2.75) is 12.8 Å². The van der Waals surface area contributed by atoms with Crippen molar-refractivity contribution in [3.8, 4) is 5.75 Å². The van der Waals surface area contributed by atoms with E-state index in [9.17, 15) is 0 Å². The monoisotopic (exact) mass is 197 g/mol. The Morgan fingerprint density at radius 1 is 1.46 bits per heavy atom. The molecule has 1 fully saturated rings. The molecule has 1 aromatic carbocycles. The fourth-order valence-corrected chi connectivity index (χ4v) is 1.29. The number of halogens is 1. The number of nitrogens with two attached hydrogens (primary N) is 1. The molecule has 1 saturated carbocycles. The van der Waals surface area contributed by atoms with E-state index in [0.717, 1.165) is 12.5 Å². The third-order valence-electron chi connectivity index (χ3n) is 2.15. The van der Waals surface area contributed by atoms with Crippen molar-refractivity contribution in [3.05, 3.63) is 23.2 Å². The maximum absolute atomic E-state index is 5.81. The summed E-state index contributed by atoms with van der Waals surface area (Å²) < 4.78 is 5.53. The number of ether oxygens (including phenoxy) is 1. The fraction of sp³-hybridized carbons (Fsp3) is 0.400. The van der Waals surface area contributed by atoms with E-state index in [-0.39, 0.29) is 0 Å². The van der Waals surface area contributed by atoms with E-state index in [2.05, 4.69) is 0 Å². The van der Waals surface area contributed by atoms with Gasteiger partial charge in [0.15, 0.2) is 0 Å². The summed E-state index contributed by atoms with van der Waals surface area (Å²) >= 11 is 5.81. The van der Waals surface area contributed by atoms with Crippen LogP contribution in [0.1, 0.15) is 12.8 Å². The lowest BCUT2D eigenvalue weighted by Gasteiger charge is -2.07. The SMILES string of the molecule is Nc1ccc(Cl)cc1OCC1CC1. The van der Waals surface area contributed by atoms with Crippen LogP contribution >= 0.6 is 11.6 Å². The lowest BCUT2D eigenvalue weighted by molar-refractivity contribution is 0.301. The second-order valence-electron chi connectivity index (χ2n) is 3.44. The van der Waals surface area contributed by atoms with E-state index in [1.165, 1.54) is 12.8 Å². The van der Waals surface area contributed by atoms with Crippen molar-refractivity contribution < 1.29 is 4.74 Å². The van der Waals surface area contributed by atoms with Gasteiger partial charge in [0.25, 0.3) is 0 Å². The first-order chi connectivity index (χ1) is 6.25. The Bertz CT molecular complexity index is 310. The summed E-state index contributed by atoms with van der Waals surface area (Å²) in [6.07, 6.45) is 2.56. The molecular weight excluding hydrogens is 186 g/mol. The van der Waals surface area contributed by atoms with Crippen LogP contribution in [-0.4, -0.2) is 6.61 Å². The summed E-state index contributed by atoms with van der Waals surface area (Å²) in [6.45, 7) is 0.768. The summed E-state index contributed by atoms with van der Waals surface area (Å²) in [7, 11) is 0. The number of anilines is 1. The maximum Gasteiger partial charge on any atom is 0.143 e. The van der Waals surface area contributed by atoms with Gasteiger partial charge in [-0.3, -0.25) is 0 Å². The van der Waals surface area contributed by atoms with Crippen LogP contribution in [-0.2, 0) is 0 Å². The minimum atomic E-state index is 0.657. The largest absolute Gasteiger partial charge is 0.491 e. The van der Waals surface area contributed by atoms with Crippen LogP contribution in [0.25, 0.3) is 0 Å². The zero-order valence-electron chi connectivity index (χ0n) is 7.29. The average Bonchev–Trinajstić information content (AvgIpc) is 2.90. The molecule has 1 aliphatic rings. The van der Waals surface area contributed by atoms with Gasteiger partial charge in [-0.1, -0.05) is 11.6 Å². The van der Waals surface area contributed by atoms with Crippen molar-refractivity contribution in [1.29, 1.82) is 0 Å². The fourth-order valence-electron chi connectivity index (χ4n) is 1.13. The van der Waals surface area contributed by atoms with Crippen molar-refractivity contribution >= 4 is 17.3 Å². The number of nitrogen functional groups attached to an aromatic ring is 1. The second kappa shape index (κ2) is 3.46. The van der Waals surface area contributed by atoms with Crippen LogP contribution in [0.4, 0.5) is 5.69 Å². The van der Waals surface area contributed by atoms with Crippen LogP contribution in [0.15, 0.2) is 18.2 Å². The molecule has 0 saturated heterocycles. The van der Waals surface area contributed by atoms with Gasteiger partial charge in [0.2, 0.25) is 0 Å². The second-order valence-corrected chi connectivity index (χ2v) is 3.87. The molecule has 0 radical (unpaired) electrons. The normalized spacial score (nSPS) is 15.8. The van der Waals surface area contributed by atoms with Gasteiger partial charge >= 0.3 is 0 Å². The topological polar surface area (TPSA) is 35.2 Å². The van der Waals surface area contributed by atoms with Crippen molar-refractivity contribution in [2.24, 2.45) is 5.92 Å². The molecule has 1 aliphatic carbocycles. The first-order valence-electron chi connectivity index (χ1n) is 4.43. The third-order valence-corrected chi connectivity index (χ3v) is 2.38. The lowest BCUT2D eigenvalue weighted by atomic mass is 10.3. The Kier molecular flexibility index (Phi) is 2.32. The molecular formula is C10H12ClNO. The smallest absolute Gasteiger partial charge is 0.143 e. The van der Waals surface area contributed by atoms with Crippen LogP contribution in [0.3, 0.4) is 0 Å². The standard InChI is InChI=1S/C10H12ClNO/c11-8-3-4-9(12)10(5-8)13-6-7-1-2-7/h3-5,7H,1-2,6,12H2. The Morgan fingerprint density at radius 3 is 2.92 bits per heavy atom. The highest BCUT2D eigenvalue weighted by molar-refractivity contribution is 6.30. The van der Waals surface area contributed by atoms with Crippen LogP contribution < -0.4 is 10.5 Å². The van der Waals surface area contributed by atoms with E-state index in [1.807, 2.05) is 0 Å². The minimum absolute atomic E-state index is 0.657. The van der Waals surface area contributed by atoms with Crippen molar-refractivity contribution in [2.75, 3.05) is 12.3 Å². The zero-order chi connectivity index (χ0) is 9.26. The summed E-state index contributed by atoms with van der Waals surface area (Å²) in [5.74, 6) is 1.44. The Balaban J connectivity index is 2.03. The molecule has 0 amide bonds. The number of benzene rings is 1. The van der Waals surface area contributed by atoms with Gasteiger partial charge in [-0.15, -0.1) is 0 Å². The Hall–Kier alpha value is -0.890. The molecule has 70 valence electrons.